The fourth-order valence-electron chi connectivity index (χ4n) is 8.12. The Bertz CT molecular complexity index is 3240. The van der Waals surface area contributed by atoms with Crippen molar-refractivity contribution in [1.82, 2.24) is 19.5 Å². The second-order valence-corrected chi connectivity index (χ2v) is 14.0. The second-order valence-electron chi connectivity index (χ2n) is 14.0. The molecule has 0 N–H and O–H groups in total. The van der Waals surface area contributed by atoms with E-state index in [1.165, 1.54) is 11.1 Å². The van der Waals surface area contributed by atoms with Crippen molar-refractivity contribution in [2.75, 3.05) is 0 Å². The van der Waals surface area contributed by atoms with Gasteiger partial charge in [0.2, 0.25) is 0 Å². The summed E-state index contributed by atoms with van der Waals surface area (Å²) in [5.74, 6) is 1.73. The minimum Gasteiger partial charge on any atom is -0.455 e. The van der Waals surface area contributed by atoms with E-state index in [1.54, 1.807) is 0 Å². The van der Waals surface area contributed by atoms with Gasteiger partial charge in [0.1, 0.15) is 11.2 Å². The highest BCUT2D eigenvalue weighted by molar-refractivity contribution is 6.15. The van der Waals surface area contributed by atoms with Gasteiger partial charge in [0, 0.05) is 38.4 Å². The third kappa shape index (κ3) is 5.21. The maximum absolute atomic E-state index is 6.55. The van der Waals surface area contributed by atoms with E-state index in [1.807, 2.05) is 30.3 Å². The van der Waals surface area contributed by atoms with Crippen molar-refractivity contribution in [3.8, 4) is 62.1 Å². The molecule has 0 bridgehead atoms. The molecule has 0 aliphatic heterocycles. The minimum absolute atomic E-state index is 0.549. The zero-order chi connectivity index (χ0) is 37.0. The number of aromatic nitrogens is 4. The number of para-hydroxylation sites is 4. The van der Waals surface area contributed by atoms with Gasteiger partial charge in [-0.2, -0.15) is 0 Å². The molecule has 0 saturated heterocycles. The molecule has 56 heavy (non-hydrogen) atoms. The van der Waals surface area contributed by atoms with Crippen molar-refractivity contribution in [3.05, 3.63) is 194 Å². The molecule has 5 heteroatoms. The van der Waals surface area contributed by atoms with Crippen molar-refractivity contribution < 1.29 is 4.42 Å². The molecule has 0 amide bonds. The van der Waals surface area contributed by atoms with Crippen molar-refractivity contribution in [3.63, 3.8) is 0 Å². The van der Waals surface area contributed by atoms with Gasteiger partial charge in [0.25, 0.3) is 0 Å². The van der Waals surface area contributed by atoms with Gasteiger partial charge in [0.05, 0.1) is 16.6 Å². The summed E-state index contributed by atoms with van der Waals surface area (Å²) in [7, 11) is 0. The molecule has 11 aromatic rings. The predicted molar refractivity (Wildman–Crippen MR) is 229 cm³/mol. The quantitative estimate of drug-likeness (QED) is 0.172. The van der Waals surface area contributed by atoms with Crippen molar-refractivity contribution >= 4 is 43.7 Å². The van der Waals surface area contributed by atoms with E-state index in [4.69, 9.17) is 19.4 Å². The molecule has 0 unspecified atom stereocenters. The Morgan fingerprint density at radius 2 is 0.857 bits per heavy atom. The summed E-state index contributed by atoms with van der Waals surface area (Å²) >= 11 is 0. The standard InChI is InChI=1S/C51H32N4O/c1-3-15-33(16-4-1)34-29-31-35(32-30-34)37-19-7-8-21-40(37)49-52-50(54-51(53-49)43-25-13-23-39-38-20-10-12-28-46(38)56-48(39)43)42-24-14-27-45-47(42)41-22-9-11-26-44(41)55(45)36-17-5-2-6-18-36/h1-32H. The van der Waals surface area contributed by atoms with Crippen LogP contribution in [0.25, 0.3) is 106 Å². The van der Waals surface area contributed by atoms with Crippen molar-refractivity contribution in [2.45, 2.75) is 0 Å². The second kappa shape index (κ2) is 13.0. The molecule has 0 fully saturated rings. The van der Waals surface area contributed by atoms with Crippen LogP contribution in [0.3, 0.4) is 0 Å². The topological polar surface area (TPSA) is 56.7 Å². The lowest BCUT2D eigenvalue weighted by Gasteiger charge is -2.13. The zero-order valence-electron chi connectivity index (χ0n) is 30.2. The van der Waals surface area contributed by atoms with Crippen LogP contribution < -0.4 is 0 Å². The molecular formula is C51H32N4O. The Hall–Kier alpha value is -7.63. The minimum atomic E-state index is 0.549. The molecule has 0 spiro atoms. The number of fused-ring (bicyclic) bond motifs is 6. The summed E-state index contributed by atoms with van der Waals surface area (Å²) in [6.07, 6.45) is 0. The van der Waals surface area contributed by atoms with Crippen LogP contribution in [0.15, 0.2) is 199 Å². The first-order valence-electron chi connectivity index (χ1n) is 18.8. The average Bonchev–Trinajstić information content (AvgIpc) is 3.83. The third-order valence-corrected chi connectivity index (χ3v) is 10.7. The van der Waals surface area contributed by atoms with E-state index >= 15 is 0 Å². The number of hydrogen-bond acceptors (Lipinski definition) is 4. The van der Waals surface area contributed by atoms with Crippen LogP contribution in [0.1, 0.15) is 0 Å². The van der Waals surface area contributed by atoms with Gasteiger partial charge < -0.3 is 8.98 Å². The molecular weight excluding hydrogens is 685 g/mol. The third-order valence-electron chi connectivity index (χ3n) is 10.7. The maximum Gasteiger partial charge on any atom is 0.167 e. The molecule has 0 atom stereocenters. The van der Waals surface area contributed by atoms with Gasteiger partial charge >= 0.3 is 0 Å². The first-order chi connectivity index (χ1) is 27.8. The van der Waals surface area contributed by atoms with Gasteiger partial charge in [0.15, 0.2) is 17.5 Å². The molecule has 3 aromatic heterocycles. The van der Waals surface area contributed by atoms with Crippen LogP contribution in [0.4, 0.5) is 0 Å². The van der Waals surface area contributed by atoms with Gasteiger partial charge in [-0.25, -0.2) is 15.0 Å². The maximum atomic E-state index is 6.55. The largest absolute Gasteiger partial charge is 0.455 e. The Balaban J connectivity index is 1.17. The van der Waals surface area contributed by atoms with E-state index < -0.39 is 0 Å². The zero-order valence-corrected chi connectivity index (χ0v) is 30.2. The lowest BCUT2D eigenvalue weighted by Crippen LogP contribution is -2.01. The number of furan rings is 1. The van der Waals surface area contributed by atoms with Crippen LogP contribution in [0.2, 0.25) is 0 Å². The molecule has 0 saturated carbocycles. The fourth-order valence-corrected chi connectivity index (χ4v) is 8.12. The highest BCUT2D eigenvalue weighted by Crippen LogP contribution is 2.41. The molecule has 3 heterocycles. The van der Waals surface area contributed by atoms with Gasteiger partial charge in [-0.1, -0.05) is 158 Å². The Morgan fingerprint density at radius 1 is 0.339 bits per heavy atom. The molecule has 0 aliphatic rings. The monoisotopic (exact) mass is 716 g/mol. The normalized spacial score (nSPS) is 11.6. The van der Waals surface area contributed by atoms with E-state index in [2.05, 4.69) is 168 Å². The van der Waals surface area contributed by atoms with E-state index in [0.29, 0.717) is 17.5 Å². The van der Waals surface area contributed by atoms with E-state index in [-0.39, 0.29) is 0 Å². The Labute approximate surface area is 322 Å². The number of benzene rings is 8. The fraction of sp³-hybridized carbons (Fsp3) is 0. The molecule has 262 valence electrons. The van der Waals surface area contributed by atoms with Crippen LogP contribution in [-0.2, 0) is 0 Å². The van der Waals surface area contributed by atoms with Crippen molar-refractivity contribution in [2.24, 2.45) is 0 Å². The number of hydrogen-bond donors (Lipinski definition) is 0. The summed E-state index contributed by atoms with van der Waals surface area (Å²) in [6.45, 7) is 0. The summed E-state index contributed by atoms with van der Waals surface area (Å²) < 4.78 is 8.87. The van der Waals surface area contributed by atoms with Gasteiger partial charge in [-0.05, 0) is 58.7 Å². The number of rotatable bonds is 6. The van der Waals surface area contributed by atoms with Crippen LogP contribution in [-0.4, -0.2) is 19.5 Å². The summed E-state index contributed by atoms with van der Waals surface area (Å²) in [5, 5.41) is 4.29. The Kier molecular flexibility index (Phi) is 7.42. The first-order valence-corrected chi connectivity index (χ1v) is 18.8. The average molecular weight is 717 g/mol. The molecule has 0 aliphatic carbocycles. The first kappa shape index (κ1) is 31.9. The molecule has 5 nitrogen and oxygen atoms in total. The lowest BCUT2D eigenvalue weighted by atomic mass is 9.96. The van der Waals surface area contributed by atoms with Crippen molar-refractivity contribution in [1.29, 1.82) is 0 Å². The van der Waals surface area contributed by atoms with Gasteiger partial charge in [-0.3, -0.25) is 0 Å². The molecule has 0 radical (unpaired) electrons. The van der Waals surface area contributed by atoms with E-state index in [0.717, 1.165) is 77.2 Å². The summed E-state index contributed by atoms with van der Waals surface area (Å²) in [4.78, 5) is 15.9. The summed E-state index contributed by atoms with van der Waals surface area (Å²) in [6, 6.07) is 67.3. The van der Waals surface area contributed by atoms with Crippen LogP contribution in [0.5, 0.6) is 0 Å². The van der Waals surface area contributed by atoms with E-state index in [9.17, 15) is 0 Å². The predicted octanol–water partition coefficient (Wildman–Crippen LogP) is 13.2. The molecule has 11 rings (SSSR count). The van der Waals surface area contributed by atoms with Gasteiger partial charge in [-0.15, -0.1) is 0 Å². The SMILES string of the molecule is c1ccc(-c2ccc(-c3ccccc3-c3nc(-c4cccc5c4oc4ccccc45)nc(-c4cccc5c4c4ccccc4n5-c4ccccc4)n3)cc2)cc1. The number of nitrogens with zero attached hydrogens (tertiary/aromatic N) is 4. The Morgan fingerprint density at radius 3 is 1.66 bits per heavy atom. The lowest BCUT2D eigenvalue weighted by molar-refractivity contribution is 0.669. The van der Waals surface area contributed by atoms with Crippen LogP contribution in [0, 0.1) is 0 Å². The molecule has 8 aromatic carbocycles. The summed E-state index contributed by atoms with van der Waals surface area (Å²) in [5.41, 5.74) is 12.0. The van der Waals surface area contributed by atoms with Crippen LogP contribution >= 0.6 is 0 Å². The smallest absolute Gasteiger partial charge is 0.167 e. The highest BCUT2D eigenvalue weighted by Gasteiger charge is 2.22. The highest BCUT2D eigenvalue weighted by atomic mass is 16.3.